The molecule has 0 aliphatic carbocycles. The number of rotatable bonds is 6. The molecule has 0 radical (unpaired) electrons. The Bertz CT molecular complexity index is 846. The van der Waals surface area contributed by atoms with E-state index in [9.17, 15) is 18.5 Å². The zero-order valence-electron chi connectivity index (χ0n) is 14.3. The monoisotopic (exact) mass is 375 g/mol. The molecule has 8 heteroatoms. The van der Waals surface area contributed by atoms with Gasteiger partial charge in [0, 0.05) is 44.9 Å². The third-order valence-electron chi connectivity index (χ3n) is 4.58. The molecule has 138 valence electrons. The second kappa shape index (κ2) is 7.94. The van der Waals surface area contributed by atoms with E-state index in [0.717, 1.165) is 13.0 Å². The van der Waals surface area contributed by atoms with E-state index in [0.29, 0.717) is 26.2 Å². The Morgan fingerprint density at radius 3 is 2.12 bits per heavy atom. The largest absolute Gasteiger partial charge is 0.300 e. The minimum absolute atomic E-state index is 0.0980. The fraction of sp³-hybridized carbons (Fsp3) is 0.333. The molecule has 0 spiro atoms. The molecule has 3 rings (SSSR count). The zero-order chi connectivity index (χ0) is 18.6. The molecule has 0 bridgehead atoms. The fourth-order valence-electron chi connectivity index (χ4n) is 3.01. The number of non-ortho nitro benzene ring substituents is 1. The van der Waals surface area contributed by atoms with Crippen molar-refractivity contribution in [2.24, 2.45) is 0 Å². The summed E-state index contributed by atoms with van der Waals surface area (Å²) < 4.78 is 26.8. The van der Waals surface area contributed by atoms with Gasteiger partial charge in [-0.05, 0) is 24.1 Å². The normalized spacial score (nSPS) is 16.5. The number of sulfonamides is 1. The number of hydrogen-bond donors (Lipinski definition) is 0. The van der Waals surface area contributed by atoms with Crippen LogP contribution in [-0.2, 0) is 16.4 Å². The van der Waals surface area contributed by atoms with Gasteiger partial charge < -0.3 is 4.90 Å². The van der Waals surface area contributed by atoms with Gasteiger partial charge in [0.1, 0.15) is 0 Å². The van der Waals surface area contributed by atoms with Gasteiger partial charge in [-0.2, -0.15) is 4.31 Å². The number of nitro benzene ring substituents is 1. The minimum atomic E-state index is -3.61. The third kappa shape index (κ3) is 4.27. The van der Waals surface area contributed by atoms with Gasteiger partial charge in [-0.25, -0.2) is 8.42 Å². The van der Waals surface area contributed by atoms with Crippen LogP contribution in [0.2, 0.25) is 0 Å². The van der Waals surface area contributed by atoms with Crippen LogP contribution in [0.25, 0.3) is 0 Å². The predicted molar refractivity (Wildman–Crippen MR) is 98.4 cm³/mol. The van der Waals surface area contributed by atoms with Crippen molar-refractivity contribution in [3.63, 3.8) is 0 Å². The third-order valence-corrected chi connectivity index (χ3v) is 6.49. The standard InChI is InChI=1S/C18H21N3O4S/c22-21(23)17-6-8-18(9-7-17)26(24,25)20-14-12-19(13-15-20)11-10-16-4-2-1-3-5-16/h1-9H,10-15H2. The van der Waals surface area contributed by atoms with Crippen molar-refractivity contribution in [3.8, 4) is 0 Å². The molecule has 7 nitrogen and oxygen atoms in total. The first-order chi connectivity index (χ1) is 12.5. The smallest absolute Gasteiger partial charge is 0.269 e. The van der Waals surface area contributed by atoms with E-state index in [4.69, 9.17) is 0 Å². The van der Waals surface area contributed by atoms with Gasteiger partial charge in [0.25, 0.3) is 5.69 Å². The molecule has 1 fully saturated rings. The van der Waals surface area contributed by atoms with Crippen molar-refractivity contribution in [1.29, 1.82) is 0 Å². The Balaban J connectivity index is 1.57. The van der Waals surface area contributed by atoms with Gasteiger partial charge in [0.15, 0.2) is 0 Å². The van der Waals surface area contributed by atoms with E-state index in [1.165, 1.54) is 34.1 Å². The van der Waals surface area contributed by atoms with Crippen LogP contribution < -0.4 is 0 Å². The summed E-state index contributed by atoms with van der Waals surface area (Å²) in [6.07, 6.45) is 0.940. The first-order valence-electron chi connectivity index (χ1n) is 8.48. The maximum atomic E-state index is 12.7. The van der Waals surface area contributed by atoms with E-state index in [1.807, 2.05) is 18.2 Å². The van der Waals surface area contributed by atoms with E-state index in [1.54, 1.807) is 0 Å². The minimum Gasteiger partial charge on any atom is -0.300 e. The quantitative estimate of drug-likeness (QED) is 0.571. The SMILES string of the molecule is O=[N+]([O-])c1ccc(S(=O)(=O)N2CCN(CCc3ccccc3)CC2)cc1. The highest BCUT2D eigenvalue weighted by Crippen LogP contribution is 2.20. The Kier molecular flexibility index (Phi) is 5.65. The predicted octanol–water partition coefficient (Wildman–Crippen LogP) is 2.14. The van der Waals surface area contributed by atoms with E-state index >= 15 is 0 Å². The van der Waals surface area contributed by atoms with Crippen molar-refractivity contribution in [2.75, 3.05) is 32.7 Å². The molecule has 26 heavy (non-hydrogen) atoms. The molecule has 0 atom stereocenters. The van der Waals surface area contributed by atoms with Gasteiger partial charge in [0.2, 0.25) is 10.0 Å². The second-order valence-corrected chi connectivity index (χ2v) is 8.17. The average Bonchev–Trinajstić information content (AvgIpc) is 2.67. The summed E-state index contributed by atoms with van der Waals surface area (Å²) >= 11 is 0. The van der Waals surface area contributed by atoms with Crippen LogP contribution in [0.4, 0.5) is 5.69 Å². The topological polar surface area (TPSA) is 83.8 Å². The molecular formula is C18H21N3O4S. The molecule has 0 aromatic heterocycles. The number of nitro groups is 1. The van der Waals surface area contributed by atoms with Gasteiger partial charge in [-0.3, -0.25) is 10.1 Å². The Morgan fingerprint density at radius 1 is 0.923 bits per heavy atom. The summed E-state index contributed by atoms with van der Waals surface area (Å²) in [7, 11) is -3.61. The molecule has 1 aliphatic rings. The number of piperazine rings is 1. The molecular weight excluding hydrogens is 354 g/mol. The Labute approximate surface area is 153 Å². The average molecular weight is 375 g/mol. The second-order valence-electron chi connectivity index (χ2n) is 6.23. The number of nitrogens with zero attached hydrogens (tertiary/aromatic N) is 3. The van der Waals surface area contributed by atoms with Gasteiger partial charge in [-0.15, -0.1) is 0 Å². The zero-order valence-corrected chi connectivity index (χ0v) is 15.1. The summed E-state index contributed by atoms with van der Waals surface area (Å²) in [4.78, 5) is 12.5. The molecule has 1 heterocycles. The van der Waals surface area contributed by atoms with Crippen molar-refractivity contribution in [3.05, 3.63) is 70.3 Å². The highest BCUT2D eigenvalue weighted by molar-refractivity contribution is 7.89. The van der Waals surface area contributed by atoms with Gasteiger partial charge in [0.05, 0.1) is 9.82 Å². The van der Waals surface area contributed by atoms with E-state index in [2.05, 4.69) is 17.0 Å². The molecule has 2 aromatic rings. The highest BCUT2D eigenvalue weighted by Gasteiger charge is 2.28. The molecule has 2 aromatic carbocycles. The fourth-order valence-corrected chi connectivity index (χ4v) is 4.44. The molecule has 1 saturated heterocycles. The molecule has 0 saturated carbocycles. The lowest BCUT2D eigenvalue weighted by Crippen LogP contribution is -2.48. The highest BCUT2D eigenvalue weighted by atomic mass is 32.2. The van der Waals surface area contributed by atoms with Crippen LogP contribution in [0.3, 0.4) is 0 Å². The molecule has 1 aliphatic heterocycles. The summed E-state index contributed by atoms with van der Waals surface area (Å²) in [6.45, 7) is 3.11. The maximum Gasteiger partial charge on any atom is 0.269 e. The van der Waals surface area contributed by atoms with Crippen LogP contribution in [0.15, 0.2) is 59.5 Å². The van der Waals surface area contributed by atoms with Crippen LogP contribution in [-0.4, -0.2) is 55.3 Å². The van der Waals surface area contributed by atoms with Crippen LogP contribution in [0, 0.1) is 10.1 Å². The Morgan fingerprint density at radius 2 is 1.54 bits per heavy atom. The van der Waals surface area contributed by atoms with Crippen molar-refractivity contribution in [1.82, 2.24) is 9.21 Å². The van der Waals surface area contributed by atoms with Gasteiger partial charge >= 0.3 is 0 Å². The van der Waals surface area contributed by atoms with Crippen LogP contribution in [0.5, 0.6) is 0 Å². The first kappa shape index (κ1) is 18.5. The summed E-state index contributed by atoms with van der Waals surface area (Å²) in [5.74, 6) is 0. The number of hydrogen-bond acceptors (Lipinski definition) is 5. The molecule has 0 unspecified atom stereocenters. The van der Waals surface area contributed by atoms with Crippen molar-refractivity contribution < 1.29 is 13.3 Å². The Hall–Kier alpha value is -2.29. The summed E-state index contributed by atoms with van der Waals surface area (Å²) in [5, 5.41) is 10.7. The van der Waals surface area contributed by atoms with Gasteiger partial charge in [-0.1, -0.05) is 30.3 Å². The van der Waals surface area contributed by atoms with Crippen molar-refractivity contribution >= 4 is 15.7 Å². The number of benzene rings is 2. The lowest BCUT2D eigenvalue weighted by molar-refractivity contribution is -0.384. The lowest BCUT2D eigenvalue weighted by atomic mass is 10.1. The van der Waals surface area contributed by atoms with E-state index < -0.39 is 14.9 Å². The van der Waals surface area contributed by atoms with E-state index in [-0.39, 0.29) is 10.6 Å². The molecule has 0 amide bonds. The van der Waals surface area contributed by atoms with Crippen molar-refractivity contribution in [2.45, 2.75) is 11.3 Å². The lowest BCUT2D eigenvalue weighted by Gasteiger charge is -2.34. The molecule has 0 N–H and O–H groups in total. The first-order valence-corrected chi connectivity index (χ1v) is 9.92. The van der Waals surface area contributed by atoms with Crippen LogP contribution >= 0.6 is 0 Å². The maximum absolute atomic E-state index is 12.7. The summed E-state index contributed by atoms with van der Waals surface area (Å²) in [5.41, 5.74) is 1.16. The summed E-state index contributed by atoms with van der Waals surface area (Å²) in [6, 6.07) is 15.3. The van der Waals surface area contributed by atoms with Crippen LogP contribution in [0.1, 0.15) is 5.56 Å².